The number of pyridine rings is 1. The van der Waals surface area contributed by atoms with Crippen molar-refractivity contribution in [3.63, 3.8) is 0 Å². The number of anilines is 1. The summed E-state index contributed by atoms with van der Waals surface area (Å²) in [6, 6.07) is 15.7. The number of para-hydroxylation sites is 1. The Morgan fingerprint density at radius 1 is 1.10 bits per heavy atom. The lowest BCUT2D eigenvalue weighted by atomic mass is 10.1. The van der Waals surface area contributed by atoms with E-state index in [0.717, 1.165) is 27.9 Å². The largest absolute Gasteiger partial charge is 0.496 e. The van der Waals surface area contributed by atoms with Crippen LogP contribution < -0.4 is 10.1 Å². The summed E-state index contributed by atoms with van der Waals surface area (Å²) in [7, 11) is 1.68. The number of nitrogens with zero attached hydrogens (tertiary/aromatic N) is 1. The number of rotatable bonds is 4. The second-order valence-electron chi connectivity index (χ2n) is 4.66. The van der Waals surface area contributed by atoms with E-state index in [0.29, 0.717) is 11.6 Å². The van der Waals surface area contributed by atoms with Crippen LogP contribution in [0.25, 0.3) is 10.9 Å². The van der Waals surface area contributed by atoms with Gasteiger partial charge in [0.05, 0.1) is 17.6 Å². The number of hydrogen-bond donors (Lipinski definition) is 1. The molecule has 1 N–H and O–H groups in total. The monoisotopic (exact) mass is 298 g/mol. The summed E-state index contributed by atoms with van der Waals surface area (Å²) in [6.07, 6.45) is 1.75. The molecule has 0 fully saturated rings. The van der Waals surface area contributed by atoms with E-state index in [4.69, 9.17) is 16.3 Å². The van der Waals surface area contributed by atoms with Gasteiger partial charge in [-0.25, -0.2) is 0 Å². The summed E-state index contributed by atoms with van der Waals surface area (Å²) in [5.41, 5.74) is 2.92. The van der Waals surface area contributed by atoms with Gasteiger partial charge in [0.15, 0.2) is 0 Å². The summed E-state index contributed by atoms with van der Waals surface area (Å²) in [5.74, 6) is 0.876. The van der Waals surface area contributed by atoms with Gasteiger partial charge in [0.2, 0.25) is 0 Å². The number of benzene rings is 2. The van der Waals surface area contributed by atoms with E-state index in [2.05, 4.69) is 10.3 Å². The van der Waals surface area contributed by atoms with E-state index in [9.17, 15) is 0 Å². The number of ether oxygens (including phenoxy) is 1. The highest BCUT2D eigenvalue weighted by Gasteiger charge is 2.06. The standard InChI is InChI=1S/C17H15ClN2O/c1-21-16-7-3-2-5-12(16)11-20-15-9-8-14(18)17-13(15)6-4-10-19-17/h2-10,20H,11H2,1H3. The molecule has 0 bridgehead atoms. The van der Waals surface area contributed by atoms with Crippen molar-refractivity contribution < 1.29 is 4.74 Å². The topological polar surface area (TPSA) is 34.1 Å². The number of nitrogens with one attached hydrogen (secondary N) is 1. The van der Waals surface area contributed by atoms with E-state index >= 15 is 0 Å². The molecule has 2 aromatic carbocycles. The molecule has 3 rings (SSSR count). The van der Waals surface area contributed by atoms with Gasteiger partial charge in [0, 0.05) is 29.4 Å². The van der Waals surface area contributed by atoms with Gasteiger partial charge >= 0.3 is 0 Å². The van der Waals surface area contributed by atoms with Crippen LogP contribution in [-0.2, 0) is 6.54 Å². The molecule has 21 heavy (non-hydrogen) atoms. The predicted molar refractivity (Wildman–Crippen MR) is 87.1 cm³/mol. The molecule has 0 spiro atoms. The van der Waals surface area contributed by atoms with Crippen LogP contribution in [0.5, 0.6) is 5.75 Å². The smallest absolute Gasteiger partial charge is 0.123 e. The molecule has 106 valence electrons. The molecule has 1 aromatic heterocycles. The Morgan fingerprint density at radius 3 is 2.81 bits per heavy atom. The summed E-state index contributed by atoms with van der Waals surface area (Å²) in [5, 5.41) is 5.10. The summed E-state index contributed by atoms with van der Waals surface area (Å²) < 4.78 is 5.37. The fourth-order valence-electron chi connectivity index (χ4n) is 2.33. The van der Waals surface area contributed by atoms with Crippen LogP contribution in [0.1, 0.15) is 5.56 Å². The average Bonchev–Trinajstić information content (AvgIpc) is 2.55. The van der Waals surface area contributed by atoms with Crippen molar-refractivity contribution in [3.8, 4) is 5.75 Å². The van der Waals surface area contributed by atoms with Gasteiger partial charge < -0.3 is 10.1 Å². The molecule has 1 heterocycles. The molecule has 0 amide bonds. The molecule has 0 unspecified atom stereocenters. The quantitative estimate of drug-likeness (QED) is 0.769. The zero-order valence-electron chi connectivity index (χ0n) is 11.6. The normalized spacial score (nSPS) is 10.6. The van der Waals surface area contributed by atoms with Crippen molar-refractivity contribution in [2.24, 2.45) is 0 Å². The fourth-order valence-corrected chi connectivity index (χ4v) is 2.55. The molecule has 0 radical (unpaired) electrons. The second-order valence-corrected chi connectivity index (χ2v) is 5.07. The van der Waals surface area contributed by atoms with Crippen LogP contribution >= 0.6 is 11.6 Å². The highest BCUT2D eigenvalue weighted by Crippen LogP contribution is 2.29. The van der Waals surface area contributed by atoms with Crippen molar-refractivity contribution in [2.45, 2.75) is 6.54 Å². The molecule has 3 nitrogen and oxygen atoms in total. The van der Waals surface area contributed by atoms with Crippen molar-refractivity contribution in [1.29, 1.82) is 0 Å². The fraction of sp³-hybridized carbons (Fsp3) is 0.118. The van der Waals surface area contributed by atoms with Crippen LogP contribution in [0.15, 0.2) is 54.7 Å². The van der Waals surface area contributed by atoms with Gasteiger partial charge in [-0.3, -0.25) is 4.98 Å². The lowest BCUT2D eigenvalue weighted by Gasteiger charge is -2.12. The molecule has 0 saturated heterocycles. The Hall–Kier alpha value is -2.26. The maximum Gasteiger partial charge on any atom is 0.123 e. The van der Waals surface area contributed by atoms with Crippen molar-refractivity contribution in [2.75, 3.05) is 12.4 Å². The molecule has 4 heteroatoms. The summed E-state index contributed by atoms with van der Waals surface area (Å²) >= 11 is 6.18. The Kier molecular flexibility index (Phi) is 3.93. The van der Waals surface area contributed by atoms with E-state index in [1.165, 1.54) is 0 Å². The van der Waals surface area contributed by atoms with Gasteiger partial charge in [0.1, 0.15) is 5.75 Å². The van der Waals surface area contributed by atoms with Crippen molar-refractivity contribution in [1.82, 2.24) is 4.98 Å². The zero-order chi connectivity index (χ0) is 14.7. The predicted octanol–water partition coefficient (Wildman–Crippen LogP) is 4.51. The van der Waals surface area contributed by atoms with Crippen LogP contribution in [0.2, 0.25) is 5.02 Å². The number of halogens is 1. The third kappa shape index (κ3) is 2.78. The summed E-state index contributed by atoms with van der Waals surface area (Å²) in [4.78, 5) is 4.33. The molecule has 3 aromatic rings. The lowest BCUT2D eigenvalue weighted by Crippen LogP contribution is -2.02. The molecule has 0 aliphatic carbocycles. The average molecular weight is 299 g/mol. The highest BCUT2D eigenvalue weighted by atomic mass is 35.5. The van der Waals surface area contributed by atoms with Crippen molar-refractivity contribution in [3.05, 3.63) is 65.3 Å². The SMILES string of the molecule is COc1ccccc1CNc1ccc(Cl)c2ncccc12. The Balaban J connectivity index is 1.91. The molecule has 0 atom stereocenters. The summed E-state index contributed by atoms with van der Waals surface area (Å²) in [6.45, 7) is 0.676. The minimum Gasteiger partial charge on any atom is -0.496 e. The van der Waals surface area contributed by atoms with E-state index in [1.807, 2.05) is 48.5 Å². The van der Waals surface area contributed by atoms with Gasteiger partial charge in [0.25, 0.3) is 0 Å². The second kappa shape index (κ2) is 6.02. The van der Waals surface area contributed by atoms with Gasteiger partial charge in [-0.2, -0.15) is 0 Å². The lowest BCUT2D eigenvalue weighted by molar-refractivity contribution is 0.410. The van der Waals surface area contributed by atoms with E-state index < -0.39 is 0 Å². The molecule has 0 aliphatic heterocycles. The van der Waals surface area contributed by atoms with Crippen LogP contribution in [0.4, 0.5) is 5.69 Å². The Labute approximate surface area is 128 Å². The third-order valence-corrected chi connectivity index (χ3v) is 3.69. The number of hydrogen-bond acceptors (Lipinski definition) is 3. The first-order chi connectivity index (χ1) is 10.3. The maximum absolute atomic E-state index is 6.18. The molecular weight excluding hydrogens is 284 g/mol. The molecule has 0 saturated carbocycles. The first kappa shape index (κ1) is 13.7. The number of fused-ring (bicyclic) bond motifs is 1. The molecular formula is C17H15ClN2O. The minimum absolute atomic E-state index is 0.661. The number of methoxy groups -OCH3 is 1. The Morgan fingerprint density at radius 2 is 1.95 bits per heavy atom. The van der Waals surface area contributed by atoms with Gasteiger partial charge in [-0.05, 0) is 30.3 Å². The van der Waals surface area contributed by atoms with Gasteiger partial charge in [-0.15, -0.1) is 0 Å². The maximum atomic E-state index is 6.18. The molecule has 0 aliphatic rings. The van der Waals surface area contributed by atoms with Crippen LogP contribution in [0.3, 0.4) is 0 Å². The van der Waals surface area contributed by atoms with E-state index in [1.54, 1.807) is 13.3 Å². The zero-order valence-corrected chi connectivity index (χ0v) is 12.4. The first-order valence-corrected chi connectivity index (χ1v) is 7.06. The number of aromatic nitrogens is 1. The Bertz CT molecular complexity index is 774. The van der Waals surface area contributed by atoms with E-state index in [-0.39, 0.29) is 0 Å². The van der Waals surface area contributed by atoms with Crippen LogP contribution in [-0.4, -0.2) is 12.1 Å². The van der Waals surface area contributed by atoms with Crippen LogP contribution in [0, 0.1) is 0 Å². The minimum atomic E-state index is 0.661. The highest BCUT2D eigenvalue weighted by molar-refractivity contribution is 6.35. The van der Waals surface area contributed by atoms with Crippen molar-refractivity contribution >= 4 is 28.2 Å². The first-order valence-electron chi connectivity index (χ1n) is 6.68. The third-order valence-electron chi connectivity index (χ3n) is 3.38. The van der Waals surface area contributed by atoms with Gasteiger partial charge in [-0.1, -0.05) is 29.8 Å².